The van der Waals surface area contributed by atoms with Crippen molar-refractivity contribution in [1.29, 1.82) is 0 Å². The number of amides is 3. The van der Waals surface area contributed by atoms with E-state index in [-0.39, 0.29) is 23.9 Å². The van der Waals surface area contributed by atoms with Crippen molar-refractivity contribution >= 4 is 18.1 Å². The van der Waals surface area contributed by atoms with Gasteiger partial charge in [-0.2, -0.15) is 5.10 Å². The molecule has 5 rings (SSSR count). The number of carbonyl (C=O) groups is 2. The molecule has 4 saturated carbocycles. The molecule has 0 radical (unpaired) electrons. The van der Waals surface area contributed by atoms with Crippen molar-refractivity contribution in [3.63, 3.8) is 0 Å². The lowest BCUT2D eigenvalue weighted by Crippen LogP contribution is -2.61. The first kappa shape index (κ1) is 25.5. The molecule has 0 saturated heterocycles. The monoisotopic (exact) mass is 487 g/mol. The molecule has 2 unspecified atom stereocenters. The van der Waals surface area contributed by atoms with Crippen LogP contribution in [0.5, 0.6) is 5.88 Å². The van der Waals surface area contributed by atoms with Gasteiger partial charge in [0.1, 0.15) is 5.56 Å². The average molecular weight is 488 g/mol. The molecule has 4 bridgehead atoms. The molecule has 0 spiro atoms. The summed E-state index contributed by atoms with van der Waals surface area (Å²) in [7, 11) is 3.38. The van der Waals surface area contributed by atoms with Gasteiger partial charge in [-0.25, -0.2) is 9.48 Å². The Labute approximate surface area is 208 Å². The first-order valence-electron chi connectivity index (χ1n) is 12.8. The van der Waals surface area contributed by atoms with Gasteiger partial charge in [0.15, 0.2) is 0 Å². The number of urea groups is 1. The van der Waals surface area contributed by atoms with Gasteiger partial charge >= 0.3 is 6.03 Å². The number of carbonyl (C=O) groups excluding carboxylic acids is 2. The number of aliphatic hydroxyl groups is 1. The smallest absolute Gasteiger partial charge is 0.317 e. The van der Waals surface area contributed by atoms with Gasteiger partial charge in [-0.05, 0) is 75.7 Å². The molecular formula is C26H41N5O4. The van der Waals surface area contributed by atoms with Gasteiger partial charge in [-0.15, -0.1) is 0 Å². The predicted octanol–water partition coefficient (Wildman–Crippen LogP) is 3.11. The molecule has 1 heterocycles. The lowest BCUT2D eigenvalue weighted by atomic mass is 9.52. The molecule has 4 fully saturated rings. The van der Waals surface area contributed by atoms with E-state index in [4.69, 9.17) is 4.74 Å². The minimum atomic E-state index is -0.633. The van der Waals surface area contributed by atoms with Crippen LogP contribution in [-0.2, 0) is 0 Å². The van der Waals surface area contributed by atoms with Crippen molar-refractivity contribution in [2.24, 2.45) is 23.7 Å². The van der Waals surface area contributed by atoms with Crippen molar-refractivity contribution in [2.45, 2.75) is 77.0 Å². The third kappa shape index (κ3) is 5.66. The zero-order chi connectivity index (χ0) is 25.5. The highest BCUT2D eigenvalue weighted by atomic mass is 16.5. The molecule has 4 aliphatic rings. The Bertz CT molecular complexity index is 966. The van der Waals surface area contributed by atoms with Gasteiger partial charge in [-0.1, -0.05) is 13.8 Å². The lowest BCUT2D eigenvalue weighted by molar-refractivity contribution is -0.136. The fourth-order valence-electron chi connectivity index (χ4n) is 6.13. The molecule has 1 aromatic rings. The first-order valence-corrected chi connectivity index (χ1v) is 12.8. The summed E-state index contributed by atoms with van der Waals surface area (Å²) in [6, 6.07) is -0.117. The van der Waals surface area contributed by atoms with E-state index < -0.39 is 11.1 Å². The van der Waals surface area contributed by atoms with Crippen molar-refractivity contribution in [2.75, 3.05) is 20.7 Å². The van der Waals surface area contributed by atoms with E-state index in [1.165, 1.54) is 4.90 Å². The third-order valence-corrected chi connectivity index (χ3v) is 7.55. The Hall–Kier alpha value is -2.55. The van der Waals surface area contributed by atoms with E-state index in [2.05, 4.69) is 29.6 Å². The molecule has 0 aliphatic heterocycles. The fourth-order valence-corrected chi connectivity index (χ4v) is 6.13. The molecular weight excluding hydrogens is 446 g/mol. The second-order valence-electron chi connectivity index (χ2n) is 12.1. The van der Waals surface area contributed by atoms with Crippen LogP contribution >= 0.6 is 0 Å². The van der Waals surface area contributed by atoms with Crippen LogP contribution in [0.25, 0.3) is 6.20 Å². The molecule has 4 aliphatic carbocycles. The number of nitrogens with zero attached hydrogens (tertiary/aromatic N) is 3. The summed E-state index contributed by atoms with van der Waals surface area (Å²) in [5.41, 5.74) is -0.766. The predicted molar refractivity (Wildman–Crippen MR) is 134 cm³/mol. The highest BCUT2D eigenvalue weighted by Gasteiger charge is 2.55. The number of hydrogen-bond donors (Lipinski definition) is 3. The largest absolute Gasteiger partial charge is 0.477 e. The van der Waals surface area contributed by atoms with Crippen molar-refractivity contribution in [3.05, 3.63) is 17.8 Å². The average Bonchev–Trinajstić information content (AvgIpc) is 3.14. The van der Waals surface area contributed by atoms with Crippen LogP contribution in [0.1, 0.15) is 70.2 Å². The summed E-state index contributed by atoms with van der Waals surface area (Å²) in [6.07, 6.45) is 9.72. The van der Waals surface area contributed by atoms with E-state index in [1.807, 2.05) is 19.9 Å². The Morgan fingerprint density at radius 1 is 1.29 bits per heavy atom. The summed E-state index contributed by atoms with van der Waals surface area (Å²) in [6.45, 7) is 8.32. The summed E-state index contributed by atoms with van der Waals surface area (Å²) in [4.78, 5) is 27.0. The van der Waals surface area contributed by atoms with E-state index in [9.17, 15) is 14.7 Å². The van der Waals surface area contributed by atoms with Crippen LogP contribution in [0.2, 0.25) is 0 Å². The molecule has 35 heavy (non-hydrogen) atoms. The maximum absolute atomic E-state index is 13.4. The molecule has 3 N–H and O–H groups in total. The van der Waals surface area contributed by atoms with Gasteiger partial charge in [0.2, 0.25) is 5.88 Å². The zero-order valence-electron chi connectivity index (χ0n) is 21.9. The third-order valence-electron chi connectivity index (χ3n) is 7.55. The van der Waals surface area contributed by atoms with E-state index >= 15 is 0 Å². The normalized spacial score (nSPS) is 29.6. The Kier molecular flexibility index (Phi) is 6.92. The van der Waals surface area contributed by atoms with Gasteiger partial charge in [0, 0.05) is 26.3 Å². The van der Waals surface area contributed by atoms with Crippen LogP contribution in [0.3, 0.4) is 0 Å². The summed E-state index contributed by atoms with van der Waals surface area (Å²) in [5.74, 6) is 1.72. The van der Waals surface area contributed by atoms with Crippen LogP contribution < -0.4 is 15.4 Å². The second kappa shape index (κ2) is 9.48. The summed E-state index contributed by atoms with van der Waals surface area (Å²) in [5, 5.41) is 21.5. The Balaban J connectivity index is 1.51. The summed E-state index contributed by atoms with van der Waals surface area (Å²) >= 11 is 0. The quantitative estimate of drug-likeness (QED) is 0.522. The van der Waals surface area contributed by atoms with Gasteiger partial charge in [0.05, 0.1) is 23.9 Å². The van der Waals surface area contributed by atoms with Crippen LogP contribution in [0, 0.1) is 23.7 Å². The fraction of sp³-hybridized carbons (Fsp3) is 0.731. The topological polar surface area (TPSA) is 109 Å². The molecule has 194 valence electrons. The highest BCUT2D eigenvalue weighted by molar-refractivity contribution is 5.96. The van der Waals surface area contributed by atoms with E-state index in [1.54, 1.807) is 31.2 Å². The standard InChI is InChI=1S/C26H41N5O4/c1-16(2)15-35-23-20(14-27-31(23)8-7-25(3,4)29-24(33)30(5)6)22(32)28-21-18-9-17-10-19(21)13-26(34,11-17)12-18/h7-8,14,16-19,21,34H,9-13,15H2,1-6H3,(H,28,32)(H,29,33)/b8-7+. The SMILES string of the molecule is CC(C)COc1c(C(=O)NC2C3CC4CC2CC(O)(C4)C3)cnn1/C=C/C(C)(C)NC(=O)N(C)C. The Morgan fingerprint density at radius 3 is 2.51 bits per heavy atom. The number of ether oxygens (including phenoxy) is 1. The van der Waals surface area contributed by atoms with Crippen molar-refractivity contribution in [1.82, 2.24) is 25.3 Å². The minimum Gasteiger partial charge on any atom is -0.477 e. The van der Waals surface area contributed by atoms with E-state index in [0.717, 1.165) is 32.1 Å². The van der Waals surface area contributed by atoms with Gasteiger partial charge in [-0.3, -0.25) is 4.79 Å². The Morgan fingerprint density at radius 2 is 1.94 bits per heavy atom. The maximum atomic E-state index is 13.4. The van der Waals surface area contributed by atoms with Crippen LogP contribution in [0.15, 0.2) is 12.3 Å². The van der Waals surface area contributed by atoms with Gasteiger partial charge < -0.3 is 25.4 Å². The van der Waals surface area contributed by atoms with Crippen LogP contribution in [0.4, 0.5) is 4.79 Å². The lowest BCUT2D eigenvalue weighted by Gasteiger charge is -2.58. The minimum absolute atomic E-state index is 0.0799. The number of aromatic nitrogens is 2. The number of nitrogens with one attached hydrogen (secondary N) is 2. The second-order valence-corrected chi connectivity index (χ2v) is 12.1. The van der Waals surface area contributed by atoms with Gasteiger partial charge in [0.25, 0.3) is 5.91 Å². The van der Waals surface area contributed by atoms with Crippen LogP contribution in [-0.4, -0.2) is 69.6 Å². The highest BCUT2D eigenvalue weighted by Crippen LogP contribution is 2.55. The van der Waals surface area contributed by atoms with Crippen molar-refractivity contribution < 1.29 is 19.4 Å². The first-order chi connectivity index (χ1) is 16.4. The zero-order valence-corrected chi connectivity index (χ0v) is 21.9. The molecule has 9 nitrogen and oxygen atoms in total. The number of rotatable bonds is 8. The molecule has 9 heteroatoms. The summed E-state index contributed by atoms with van der Waals surface area (Å²) < 4.78 is 7.61. The van der Waals surface area contributed by atoms with Crippen molar-refractivity contribution in [3.8, 4) is 5.88 Å². The maximum Gasteiger partial charge on any atom is 0.317 e. The number of hydrogen-bond acceptors (Lipinski definition) is 5. The molecule has 2 atom stereocenters. The molecule has 1 aromatic heterocycles. The molecule has 0 aromatic carbocycles. The van der Waals surface area contributed by atoms with E-state index in [0.29, 0.717) is 35.8 Å². The molecule has 3 amide bonds.